The second kappa shape index (κ2) is 13.7. The van der Waals surface area contributed by atoms with E-state index in [0.717, 1.165) is 18.9 Å². The van der Waals surface area contributed by atoms with Crippen molar-refractivity contribution in [2.24, 2.45) is 16.3 Å². The van der Waals surface area contributed by atoms with Gasteiger partial charge in [-0.2, -0.15) is 0 Å². The molecule has 1 aromatic carbocycles. The van der Waals surface area contributed by atoms with Crippen molar-refractivity contribution < 1.29 is 28.2 Å². The number of methoxy groups -OCH3 is 1. The van der Waals surface area contributed by atoms with Crippen molar-refractivity contribution in [3.63, 3.8) is 0 Å². The molecule has 3 amide bonds. The van der Waals surface area contributed by atoms with E-state index in [4.69, 9.17) is 32.7 Å². The van der Waals surface area contributed by atoms with Crippen LogP contribution in [0.15, 0.2) is 46.8 Å². The maximum atomic E-state index is 16.7. The van der Waals surface area contributed by atoms with Crippen LogP contribution in [0.25, 0.3) is 0 Å². The number of ether oxygens (including phenoxy) is 2. The third-order valence-electron chi connectivity index (χ3n) is 10.0. The highest BCUT2D eigenvalue weighted by molar-refractivity contribution is 6.31. The first-order chi connectivity index (χ1) is 21.8. The number of halogens is 3. The molecule has 3 fully saturated rings. The summed E-state index contributed by atoms with van der Waals surface area (Å²) in [4.78, 5) is 45.0. The monoisotopic (exact) mass is 677 g/mol. The fraction of sp³-hybridized carbons (Fsp3) is 0.576. The molecule has 13 heteroatoms. The number of amides is 3. The lowest BCUT2D eigenvalue weighted by atomic mass is 9.54. The number of carbonyl (C=O) groups excluding carboxylic acids is 3. The van der Waals surface area contributed by atoms with Crippen LogP contribution in [-0.4, -0.2) is 74.5 Å². The lowest BCUT2D eigenvalue weighted by Gasteiger charge is -2.50. The number of nitrogens with zero attached hydrogens (tertiary/aromatic N) is 1. The quantitative estimate of drug-likeness (QED) is 0.173. The molecule has 0 radical (unpaired) electrons. The van der Waals surface area contributed by atoms with E-state index < -0.39 is 46.8 Å². The smallest absolute Gasteiger partial charge is 0.249 e. The van der Waals surface area contributed by atoms with Crippen molar-refractivity contribution in [1.29, 1.82) is 0 Å². The van der Waals surface area contributed by atoms with Crippen molar-refractivity contribution in [1.82, 2.24) is 16.0 Å². The summed E-state index contributed by atoms with van der Waals surface area (Å²) in [5.74, 6) is -3.00. The number of hydrogen-bond donors (Lipinski definition) is 4. The maximum absolute atomic E-state index is 16.7. The van der Waals surface area contributed by atoms with Gasteiger partial charge in [-0.05, 0) is 67.7 Å². The van der Waals surface area contributed by atoms with Crippen molar-refractivity contribution in [3.8, 4) is 0 Å². The van der Waals surface area contributed by atoms with Crippen molar-refractivity contribution in [2.75, 3.05) is 32.2 Å². The molecule has 1 aromatic rings. The molecule has 46 heavy (non-hydrogen) atoms. The molecule has 3 heterocycles. The minimum absolute atomic E-state index is 0.00938. The Bertz CT molecular complexity index is 1430. The summed E-state index contributed by atoms with van der Waals surface area (Å²) in [5, 5.41) is 12.7. The largest absolute Gasteiger partial charge is 0.383 e. The predicted molar refractivity (Wildman–Crippen MR) is 176 cm³/mol. The van der Waals surface area contributed by atoms with Gasteiger partial charge >= 0.3 is 0 Å². The minimum atomic E-state index is -1.47. The molecule has 4 aliphatic rings. The molecule has 4 N–H and O–H groups in total. The number of benzene rings is 1. The normalized spacial score (nSPS) is 30.0. The van der Waals surface area contributed by atoms with Gasteiger partial charge in [0.15, 0.2) is 0 Å². The van der Waals surface area contributed by atoms with Gasteiger partial charge in [0, 0.05) is 36.1 Å². The predicted octanol–water partition coefficient (Wildman–Crippen LogP) is 4.52. The van der Waals surface area contributed by atoms with Crippen LogP contribution in [0.4, 0.5) is 10.1 Å². The average molecular weight is 679 g/mol. The summed E-state index contributed by atoms with van der Waals surface area (Å²) in [6, 6.07) is 3.59. The van der Waals surface area contributed by atoms with Gasteiger partial charge in [-0.25, -0.2) is 9.38 Å². The molecule has 3 aliphatic heterocycles. The zero-order valence-electron chi connectivity index (χ0n) is 26.4. The molecule has 0 aromatic heterocycles. The van der Waals surface area contributed by atoms with Gasteiger partial charge in [0.2, 0.25) is 17.7 Å². The molecule has 250 valence electrons. The van der Waals surface area contributed by atoms with E-state index in [9.17, 15) is 14.4 Å². The third kappa shape index (κ3) is 6.49. The lowest BCUT2D eigenvalue weighted by Crippen LogP contribution is -2.62. The van der Waals surface area contributed by atoms with Gasteiger partial charge in [0.25, 0.3) is 0 Å². The first kappa shape index (κ1) is 34.5. The molecule has 2 spiro atoms. The van der Waals surface area contributed by atoms with Gasteiger partial charge in [0.1, 0.15) is 22.5 Å². The Morgan fingerprint density at radius 2 is 1.96 bits per heavy atom. The van der Waals surface area contributed by atoms with Gasteiger partial charge in [-0.15, -0.1) is 0 Å². The summed E-state index contributed by atoms with van der Waals surface area (Å²) < 4.78 is 27.5. The zero-order valence-corrected chi connectivity index (χ0v) is 27.9. The van der Waals surface area contributed by atoms with Crippen LogP contribution in [0.2, 0.25) is 5.02 Å². The van der Waals surface area contributed by atoms with E-state index >= 15 is 4.39 Å². The molecule has 0 bridgehead atoms. The molecule has 1 aliphatic carbocycles. The van der Waals surface area contributed by atoms with Crippen molar-refractivity contribution in [3.05, 3.63) is 52.4 Å². The molecule has 5 rings (SSSR count). The summed E-state index contributed by atoms with van der Waals surface area (Å²) in [6.45, 7) is 8.74. The lowest BCUT2D eigenvalue weighted by molar-refractivity contribution is -0.137. The van der Waals surface area contributed by atoms with Crippen LogP contribution in [0.3, 0.4) is 0 Å². The third-order valence-corrected chi connectivity index (χ3v) is 10.3. The van der Waals surface area contributed by atoms with E-state index in [-0.39, 0.29) is 29.0 Å². The SMILES string of the molecule is C=C(Cl)/N=C\C=C(/F)[C@H]1[C@H](C(=O)N[C@@H]2CC[C@@H](C(=O)NCCOC)OC2)NC2(CCC(C)(C)CC2)[C@@]12C(=O)Nc1cc(Cl)ccc12. The first-order valence-corrected chi connectivity index (χ1v) is 16.4. The maximum Gasteiger partial charge on any atom is 0.249 e. The summed E-state index contributed by atoms with van der Waals surface area (Å²) in [5.41, 5.74) is -1.30. The number of carbonyl (C=O) groups is 3. The highest BCUT2D eigenvalue weighted by atomic mass is 35.5. The Morgan fingerprint density at radius 1 is 1.22 bits per heavy atom. The molecule has 1 saturated carbocycles. The van der Waals surface area contributed by atoms with Crippen LogP contribution in [0, 0.1) is 11.3 Å². The molecule has 5 atom stereocenters. The van der Waals surface area contributed by atoms with Crippen LogP contribution < -0.4 is 21.3 Å². The first-order valence-electron chi connectivity index (χ1n) is 15.7. The second-order valence-corrected chi connectivity index (χ2v) is 14.3. The van der Waals surface area contributed by atoms with Gasteiger partial charge in [-0.3, -0.25) is 19.7 Å². The Morgan fingerprint density at radius 3 is 2.61 bits per heavy atom. The van der Waals surface area contributed by atoms with Gasteiger partial charge in [-0.1, -0.05) is 49.7 Å². The van der Waals surface area contributed by atoms with E-state index in [1.54, 1.807) is 25.3 Å². The van der Waals surface area contributed by atoms with Gasteiger partial charge < -0.3 is 25.4 Å². The summed E-state index contributed by atoms with van der Waals surface area (Å²) in [6.07, 6.45) is 5.20. The fourth-order valence-electron chi connectivity index (χ4n) is 7.65. The van der Waals surface area contributed by atoms with Crippen molar-refractivity contribution in [2.45, 2.75) is 81.5 Å². The molecular formula is C33H42Cl2FN5O5. The Balaban J connectivity index is 1.49. The van der Waals surface area contributed by atoms with E-state index in [0.29, 0.717) is 55.1 Å². The summed E-state index contributed by atoms with van der Waals surface area (Å²) in [7, 11) is 1.55. The highest BCUT2D eigenvalue weighted by Crippen LogP contribution is 2.62. The Hall–Kier alpha value is -2.83. The van der Waals surface area contributed by atoms with Crippen LogP contribution in [-0.2, 0) is 29.3 Å². The minimum Gasteiger partial charge on any atom is -0.383 e. The van der Waals surface area contributed by atoms with E-state index in [2.05, 4.69) is 46.7 Å². The molecule has 0 unspecified atom stereocenters. The Labute approximate surface area is 278 Å². The highest BCUT2D eigenvalue weighted by Gasteiger charge is 2.73. The summed E-state index contributed by atoms with van der Waals surface area (Å²) >= 11 is 12.1. The molecule has 10 nitrogen and oxygen atoms in total. The van der Waals surface area contributed by atoms with Gasteiger partial charge in [0.05, 0.1) is 31.2 Å². The molecule has 2 saturated heterocycles. The van der Waals surface area contributed by atoms with Crippen LogP contribution in [0.5, 0.6) is 0 Å². The van der Waals surface area contributed by atoms with Crippen molar-refractivity contribution >= 4 is 52.8 Å². The number of rotatable bonds is 9. The number of aliphatic imine (C=N–C) groups is 1. The number of hydrogen-bond acceptors (Lipinski definition) is 7. The van der Waals surface area contributed by atoms with Crippen LogP contribution in [0.1, 0.15) is 57.9 Å². The number of allylic oxidation sites excluding steroid dienone is 1. The standard InChI is InChI=1S/C33H42Cl2FN5O5/c1-19(34)37-14-9-23(36)26-27(29(43)39-21-6-8-25(46-18-21)28(42)38-15-16-45-4)41-32(12-10-31(2,3)11-13-32)33(26)22-7-5-20(35)17-24(22)40-30(33)44/h5,7,9,14,17,21,25-27,41H,1,6,8,10-13,15-16,18H2,2-4H3,(H,38,42)(H,39,43)(H,40,44)/b23-9-,37-14-/t21-,25+,26+,27-,33-/m1/s1. The number of fused-ring (bicyclic) bond motifs is 3. The topological polar surface area (TPSA) is 130 Å². The molecular weight excluding hydrogens is 636 g/mol. The number of anilines is 1. The number of nitrogens with one attached hydrogen (secondary N) is 4. The fourth-order valence-corrected chi connectivity index (χ4v) is 7.88. The zero-order chi connectivity index (χ0) is 33.3. The second-order valence-electron chi connectivity index (χ2n) is 13.4. The van der Waals surface area contributed by atoms with Crippen LogP contribution >= 0.6 is 23.2 Å². The van der Waals surface area contributed by atoms with E-state index in [1.807, 2.05) is 0 Å². The Kier molecular flexibility index (Phi) is 10.3. The van der Waals surface area contributed by atoms with E-state index in [1.165, 1.54) is 6.21 Å². The average Bonchev–Trinajstić information content (AvgIpc) is 3.47.